The largest absolute Gasteiger partial charge is 0.497 e. The van der Waals surface area contributed by atoms with E-state index in [4.69, 9.17) is 9.84 Å². The lowest BCUT2D eigenvalue weighted by atomic mass is 9.84. The van der Waals surface area contributed by atoms with Crippen molar-refractivity contribution in [1.29, 1.82) is 0 Å². The Labute approximate surface area is 247 Å². The third-order valence-corrected chi connectivity index (χ3v) is 7.43. The van der Waals surface area contributed by atoms with E-state index in [1.165, 1.54) is 42.9 Å². The molecule has 3 aromatic carbocycles. The summed E-state index contributed by atoms with van der Waals surface area (Å²) in [5, 5.41) is 13.9. The van der Waals surface area contributed by atoms with Gasteiger partial charge in [-0.05, 0) is 66.3 Å². The average molecular weight is 598 g/mol. The van der Waals surface area contributed by atoms with Crippen molar-refractivity contribution in [3.63, 3.8) is 0 Å². The van der Waals surface area contributed by atoms with Gasteiger partial charge in [0, 0.05) is 29.5 Å². The van der Waals surface area contributed by atoms with Gasteiger partial charge in [0.25, 0.3) is 5.91 Å². The fourth-order valence-corrected chi connectivity index (χ4v) is 5.12. The standard InChI is InChI=1S/C32H34F3N3O5/c1-43-28-18-25(32(33,34)35)17-26(19-28)37-31(42)38(27-13-11-23(12-14-27)22-5-3-2-4-6-22)20-21-7-9-24(10-8-21)30(41)36-16-15-29(39)40/h7-14,17-19,22H,2-6,15-16,20H2,1H3,(H,36,41)(H,37,42)(H,39,40). The van der Waals surface area contributed by atoms with E-state index in [9.17, 15) is 27.6 Å². The van der Waals surface area contributed by atoms with Gasteiger partial charge in [-0.15, -0.1) is 0 Å². The normalized spacial score (nSPS) is 13.7. The Morgan fingerprint density at radius 2 is 1.63 bits per heavy atom. The van der Waals surface area contributed by atoms with Crippen molar-refractivity contribution in [2.24, 2.45) is 0 Å². The number of carboxylic acid groups (broad SMARTS) is 1. The van der Waals surface area contributed by atoms with Crippen LogP contribution in [0.2, 0.25) is 0 Å². The molecule has 8 nitrogen and oxygen atoms in total. The fourth-order valence-electron chi connectivity index (χ4n) is 5.12. The summed E-state index contributed by atoms with van der Waals surface area (Å²) in [7, 11) is 1.25. The van der Waals surface area contributed by atoms with Gasteiger partial charge in [0.2, 0.25) is 0 Å². The maximum atomic E-state index is 13.6. The molecule has 0 aromatic heterocycles. The Balaban J connectivity index is 1.58. The molecule has 0 radical (unpaired) electrons. The zero-order valence-electron chi connectivity index (χ0n) is 23.7. The molecule has 0 atom stereocenters. The smallest absolute Gasteiger partial charge is 0.416 e. The van der Waals surface area contributed by atoms with Crippen LogP contribution in [0.4, 0.5) is 29.3 Å². The number of carbonyl (C=O) groups excluding carboxylic acids is 2. The molecule has 0 spiro atoms. The zero-order chi connectivity index (χ0) is 31.0. The van der Waals surface area contributed by atoms with Crippen LogP contribution in [0, 0.1) is 0 Å². The average Bonchev–Trinajstić information content (AvgIpc) is 2.99. The predicted molar refractivity (Wildman–Crippen MR) is 156 cm³/mol. The summed E-state index contributed by atoms with van der Waals surface area (Å²) < 4.78 is 45.5. The number of anilines is 2. The lowest BCUT2D eigenvalue weighted by Crippen LogP contribution is -2.34. The first-order chi connectivity index (χ1) is 20.5. The van der Waals surface area contributed by atoms with E-state index < -0.39 is 29.6 Å². The van der Waals surface area contributed by atoms with E-state index in [0.717, 1.165) is 25.0 Å². The van der Waals surface area contributed by atoms with Crippen molar-refractivity contribution < 1.29 is 37.4 Å². The highest BCUT2D eigenvalue weighted by Crippen LogP contribution is 2.35. The maximum absolute atomic E-state index is 13.6. The number of hydrogen-bond donors (Lipinski definition) is 3. The van der Waals surface area contributed by atoms with Crippen molar-refractivity contribution in [1.82, 2.24) is 5.32 Å². The molecule has 1 aliphatic rings. The highest BCUT2D eigenvalue weighted by Gasteiger charge is 2.32. The minimum absolute atomic E-state index is 0.0129. The number of methoxy groups -OCH3 is 1. The second kappa shape index (κ2) is 14.1. The lowest BCUT2D eigenvalue weighted by molar-refractivity contribution is -0.138. The van der Waals surface area contributed by atoms with Crippen molar-refractivity contribution in [3.8, 4) is 5.75 Å². The second-order valence-corrected chi connectivity index (χ2v) is 10.5. The van der Waals surface area contributed by atoms with Gasteiger partial charge in [0.05, 0.1) is 25.6 Å². The van der Waals surface area contributed by atoms with Crippen molar-refractivity contribution in [2.75, 3.05) is 23.9 Å². The van der Waals surface area contributed by atoms with E-state index in [2.05, 4.69) is 10.6 Å². The van der Waals surface area contributed by atoms with Crippen molar-refractivity contribution >= 4 is 29.3 Å². The molecular formula is C32H34F3N3O5. The van der Waals surface area contributed by atoms with Gasteiger partial charge in [-0.2, -0.15) is 13.2 Å². The maximum Gasteiger partial charge on any atom is 0.416 e. The Morgan fingerprint density at radius 3 is 2.23 bits per heavy atom. The molecule has 228 valence electrons. The third kappa shape index (κ3) is 8.73. The first-order valence-corrected chi connectivity index (χ1v) is 14.1. The number of benzene rings is 3. The number of ether oxygens (including phenoxy) is 1. The minimum atomic E-state index is -4.63. The third-order valence-electron chi connectivity index (χ3n) is 7.43. The molecule has 1 aliphatic carbocycles. The van der Waals surface area contributed by atoms with Crippen LogP contribution >= 0.6 is 0 Å². The molecule has 11 heteroatoms. The molecule has 3 N–H and O–H groups in total. The van der Waals surface area contributed by atoms with E-state index in [-0.39, 0.29) is 30.9 Å². The molecule has 3 aromatic rings. The Hall–Kier alpha value is -4.54. The van der Waals surface area contributed by atoms with Gasteiger partial charge >= 0.3 is 18.2 Å². The molecule has 0 heterocycles. The number of urea groups is 1. The first-order valence-electron chi connectivity index (χ1n) is 14.1. The highest BCUT2D eigenvalue weighted by molar-refractivity contribution is 6.02. The molecule has 0 unspecified atom stereocenters. The van der Waals surface area contributed by atoms with E-state index in [1.807, 2.05) is 24.3 Å². The van der Waals surface area contributed by atoms with Gasteiger partial charge < -0.3 is 20.5 Å². The van der Waals surface area contributed by atoms with Gasteiger partial charge in [-0.3, -0.25) is 14.5 Å². The number of halogens is 3. The quantitative estimate of drug-likeness (QED) is 0.229. The van der Waals surface area contributed by atoms with Crippen LogP contribution in [0.3, 0.4) is 0 Å². The Kier molecular flexibility index (Phi) is 10.3. The van der Waals surface area contributed by atoms with Crippen LogP contribution in [0.1, 0.15) is 71.5 Å². The second-order valence-electron chi connectivity index (χ2n) is 10.5. The zero-order valence-corrected chi connectivity index (χ0v) is 23.7. The van der Waals surface area contributed by atoms with Crippen LogP contribution in [0.15, 0.2) is 66.7 Å². The van der Waals surface area contributed by atoms with E-state index in [0.29, 0.717) is 22.7 Å². The first kappa shape index (κ1) is 31.4. The molecule has 1 fully saturated rings. The van der Waals surface area contributed by atoms with Crippen LogP contribution in [-0.2, 0) is 17.5 Å². The van der Waals surface area contributed by atoms with Gasteiger partial charge in [-0.1, -0.05) is 43.5 Å². The monoisotopic (exact) mass is 597 g/mol. The van der Waals surface area contributed by atoms with Crippen LogP contribution in [0.25, 0.3) is 0 Å². The molecule has 3 amide bonds. The summed E-state index contributed by atoms with van der Waals surface area (Å²) in [4.78, 5) is 38.0. The molecule has 4 rings (SSSR count). The predicted octanol–water partition coefficient (Wildman–Crippen LogP) is 7.20. The lowest BCUT2D eigenvalue weighted by Gasteiger charge is -2.26. The number of carboxylic acids is 1. The summed E-state index contributed by atoms with van der Waals surface area (Å²) in [5.41, 5.74) is 1.68. The van der Waals surface area contributed by atoms with Crippen LogP contribution in [-0.4, -0.2) is 36.7 Å². The Morgan fingerprint density at radius 1 is 0.953 bits per heavy atom. The number of nitrogens with zero attached hydrogens (tertiary/aromatic N) is 1. The topological polar surface area (TPSA) is 108 Å². The van der Waals surface area contributed by atoms with E-state index in [1.54, 1.807) is 24.3 Å². The number of alkyl halides is 3. The van der Waals surface area contributed by atoms with Crippen LogP contribution < -0.4 is 20.3 Å². The SMILES string of the molecule is COc1cc(NC(=O)N(Cc2ccc(C(=O)NCCC(=O)O)cc2)c2ccc(C3CCCCC3)cc2)cc(C(F)(F)F)c1. The van der Waals surface area contributed by atoms with Gasteiger partial charge in [0.1, 0.15) is 5.75 Å². The number of amides is 3. The number of hydrogen-bond acceptors (Lipinski definition) is 4. The Bertz CT molecular complexity index is 1420. The minimum Gasteiger partial charge on any atom is -0.497 e. The summed E-state index contributed by atoms with van der Waals surface area (Å²) in [6, 6.07) is 16.5. The van der Waals surface area contributed by atoms with Gasteiger partial charge in [-0.25, -0.2) is 4.79 Å². The highest BCUT2D eigenvalue weighted by atomic mass is 19.4. The van der Waals surface area contributed by atoms with Gasteiger partial charge in [0.15, 0.2) is 0 Å². The summed E-state index contributed by atoms with van der Waals surface area (Å²) in [5.74, 6) is -1.05. The van der Waals surface area contributed by atoms with Crippen molar-refractivity contribution in [2.45, 2.75) is 57.2 Å². The molecule has 1 saturated carbocycles. The van der Waals surface area contributed by atoms with Crippen LogP contribution in [0.5, 0.6) is 5.75 Å². The number of carbonyl (C=O) groups is 3. The molecule has 43 heavy (non-hydrogen) atoms. The van der Waals surface area contributed by atoms with Crippen molar-refractivity contribution in [3.05, 3.63) is 89.0 Å². The fraction of sp³-hybridized carbons (Fsp3) is 0.344. The van der Waals surface area contributed by atoms with E-state index >= 15 is 0 Å². The summed E-state index contributed by atoms with van der Waals surface area (Å²) in [6.45, 7) is 0.0483. The molecule has 0 saturated heterocycles. The molecular weight excluding hydrogens is 563 g/mol. The number of rotatable bonds is 10. The summed E-state index contributed by atoms with van der Waals surface area (Å²) in [6.07, 6.45) is 0.958. The molecule has 0 bridgehead atoms. The summed E-state index contributed by atoms with van der Waals surface area (Å²) >= 11 is 0. The molecule has 0 aliphatic heterocycles. The number of aliphatic carboxylic acids is 1. The number of nitrogens with one attached hydrogen (secondary N) is 2.